The first-order valence-electron chi connectivity index (χ1n) is 6.80. The van der Waals surface area contributed by atoms with Gasteiger partial charge in [-0.15, -0.1) is 0 Å². The SMILES string of the molecule is CNC(C)c1cc(Cl)ccc1OCC1CCCC1. The van der Waals surface area contributed by atoms with E-state index in [1.165, 1.54) is 25.7 Å². The third-order valence-electron chi connectivity index (χ3n) is 3.82. The molecule has 0 radical (unpaired) electrons. The molecule has 1 unspecified atom stereocenters. The molecule has 1 N–H and O–H groups in total. The molecule has 18 heavy (non-hydrogen) atoms. The summed E-state index contributed by atoms with van der Waals surface area (Å²) in [6.45, 7) is 2.96. The largest absolute Gasteiger partial charge is 0.493 e. The molecule has 0 heterocycles. The second kappa shape index (κ2) is 6.44. The molecule has 1 aliphatic rings. The highest BCUT2D eigenvalue weighted by atomic mass is 35.5. The smallest absolute Gasteiger partial charge is 0.124 e. The number of benzene rings is 1. The van der Waals surface area contributed by atoms with Gasteiger partial charge in [-0.2, -0.15) is 0 Å². The van der Waals surface area contributed by atoms with Gasteiger partial charge in [-0.1, -0.05) is 24.4 Å². The summed E-state index contributed by atoms with van der Waals surface area (Å²) in [6, 6.07) is 6.13. The van der Waals surface area contributed by atoms with Crippen molar-refractivity contribution in [1.29, 1.82) is 0 Å². The third kappa shape index (κ3) is 3.39. The highest BCUT2D eigenvalue weighted by Crippen LogP contribution is 2.30. The zero-order chi connectivity index (χ0) is 13.0. The molecule has 100 valence electrons. The first kappa shape index (κ1) is 13.7. The van der Waals surface area contributed by atoms with Crippen molar-refractivity contribution >= 4 is 11.6 Å². The molecule has 0 amide bonds. The van der Waals surface area contributed by atoms with Crippen molar-refractivity contribution in [3.63, 3.8) is 0 Å². The molecule has 1 fully saturated rings. The molecular weight excluding hydrogens is 246 g/mol. The molecule has 0 aliphatic heterocycles. The van der Waals surface area contributed by atoms with Gasteiger partial charge in [-0.3, -0.25) is 0 Å². The van der Waals surface area contributed by atoms with E-state index in [1.54, 1.807) is 0 Å². The van der Waals surface area contributed by atoms with E-state index >= 15 is 0 Å². The van der Waals surface area contributed by atoms with Crippen molar-refractivity contribution < 1.29 is 4.74 Å². The molecule has 0 bridgehead atoms. The average Bonchev–Trinajstić information content (AvgIpc) is 2.89. The zero-order valence-corrected chi connectivity index (χ0v) is 12.0. The standard InChI is InChI=1S/C15H22ClNO/c1-11(17-2)14-9-13(16)7-8-15(14)18-10-12-5-3-4-6-12/h7-9,11-12,17H,3-6,10H2,1-2H3. The van der Waals surface area contributed by atoms with Gasteiger partial charge in [0.1, 0.15) is 5.75 Å². The number of ether oxygens (including phenoxy) is 1. The molecule has 2 nitrogen and oxygen atoms in total. The first-order chi connectivity index (χ1) is 8.70. The van der Waals surface area contributed by atoms with Gasteiger partial charge in [0.2, 0.25) is 0 Å². The molecule has 0 spiro atoms. The predicted molar refractivity (Wildman–Crippen MR) is 76.4 cm³/mol. The number of hydrogen-bond acceptors (Lipinski definition) is 2. The van der Waals surface area contributed by atoms with E-state index in [9.17, 15) is 0 Å². The molecule has 2 rings (SSSR count). The van der Waals surface area contributed by atoms with E-state index in [-0.39, 0.29) is 6.04 Å². The van der Waals surface area contributed by atoms with Crippen molar-refractivity contribution in [3.05, 3.63) is 28.8 Å². The Hall–Kier alpha value is -0.730. The lowest BCUT2D eigenvalue weighted by atomic mass is 10.1. The fourth-order valence-corrected chi connectivity index (χ4v) is 2.71. The Balaban J connectivity index is 2.05. The molecule has 3 heteroatoms. The van der Waals surface area contributed by atoms with Crippen molar-refractivity contribution in [2.45, 2.75) is 38.6 Å². The van der Waals surface area contributed by atoms with E-state index in [2.05, 4.69) is 12.2 Å². The van der Waals surface area contributed by atoms with Crippen LogP contribution in [0, 0.1) is 5.92 Å². The summed E-state index contributed by atoms with van der Waals surface area (Å²) in [5.74, 6) is 1.70. The maximum absolute atomic E-state index is 6.06. The maximum Gasteiger partial charge on any atom is 0.124 e. The van der Waals surface area contributed by atoms with E-state index < -0.39 is 0 Å². The molecule has 0 saturated heterocycles. The van der Waals surface area contributed by atoms with Gasteiger partial charge >= 0.3 is 0 Å². The van der Waals surface area contributed by atoms with E-state index in [0.29, 0.717) is 0 Å². The molecule has 1 saturated carbocycles. The minimum Gasteiger partial charge on any atom is -0.493 e. The monoisotopic (exact) mass is 267 g/mol. The van der Waals surface area contributed by atoms with Gasteiger partial charge in [0.25, 0.3) is 0 Å². The van der Waals surface area contributed by atoms with Gasteiger partial charge in [0.15, 0.2) is 0 Å². The lowest BCUT2D eigenvalue weighted by molar-refractivity contribution is 0.248. The van der Waals surface area contributed by atoms with Crippen LogP contribution in [0.3, 0.4) is 0 Å². The topological polar surface area (TPSA) is 21.3 Å². The minimum atomic E-state index is 0.252. The molecule has 1 aromatic rings. The third-order valence-corrected chi connectivity index (χ3v) is 4.06. The Bertz CT molecular complexity index is 388. The lowest BCUT2D eigenvalue weighted by Crippen LogP contribution is -2.15. The minimum absolute atomic E-state index is 0.252. The van der Waals surface area contributed by atoms with Crippen LogP contribution in [-0.4, -0.2) is 13.7 Å². The van der Waals surface area contributed by atoms with Crippen molar-refractivity contribution in [1.82, 2.24) is 5.32 Å². The number of rotatable bonds is 5. The Morgan fingerprint density at radius 3 is 2.78 bits per heavy atom. The summed E-state index contributed by atoms with van der Waals surface area (Å²) in [5, 5.41) is 4.00. The molecule has 0 aromatic heterocycles. The van der Waals surface area contributed by atoms with Crippen LogP contribution in [-0.2, 0) is 0 Å². The summed E-state index contributed by atoms with van der Waals surface area (Å²) in [5.41, 5.74) is 1.14. The van der Waals surface area contributed by atoms with Gasteiger partial charge in [-0.05, 0) is 50.9 Å². The highest BCUT2D eigenvalue weighted by molar-refractivity contribution is 6.30. The normalized spacial score (nSPS) is 17.9. The summed E-state index contributed by atoms with van der Waals surface area (Å²) in [4.78, 5) is 0. The van der Waals surface area contributed by atoms with Crippen LogP contribution in [0.25, 0.3) is 0 Å². The van der Waals surface area contributed by atoms with Crippen LogP contribution >= 0.6 is 11.6 Å². The van der Waals surface area contributed by atoms with Crippen LogP contribution in [0.4, 0.5) is 0 Å². The van der Waals surface area contributed by atoms with Crippen LogP contribution in [0.2, 0.25) is 5.02 Å². The summed E-state index contributed by atoms with van der Waals surface area (Å²) >= 11 is 6.06. The number of halogens is 1. The average molecular weight is 268 g/mol. The lowest BCUT2D eigenvalue weighted by Gasteiger charge is -2.18. The molecule has 1 atom stereocenters. The van der Waals surface area contributed by atoms with Crippen molar-refractivity contribution in [2.24, 2.45) is 5.92 Å². The fraction of sp³-hybridized carbons (Fsp3) is 0.600. The quantitative estimate of drug-likeness (QED) is 0.864. The second-order valence-corrected chi connectivity index (χ2v) is 5.59. The highest BCUT2D eigenvalue weighted by Gasteiger charge is 2.17. The van der Waals surface area contributed by atoms with Crippen molar-refractivity contribution in [3.8, 4) is 5.75 Å². The van der Waals surface area contributed by atoms with E-state index in [1.807, 2.05) is 25.2 Å². The maximum atomic E-state index is 6.06. The fourth-order valence-electron chi connectivity index (χ4n) is 2.53. The van der Waals surface area contributed by atoms with E-state index in [0.717, 1.165) is 28.9 Å². The summed E-state index contributed by atoms with van der Waals surface area (Å²) < 4.78 is 6.00. The first-order valence-corrected chi connectivity index (χ1v) is 7.18. The summed E-state index contributed by atoms with van der Waals surface area (Å²) in [7, 11) is 1.95. The molecule has 1 aromatic carbocycles. The van der Waals surface area contributed by atoms with Crippen LogP contribution < -0.4 is 10.1 Å². The Morgan fingerprint density at radius 2 is 2.11 bits per heavy atom. The second-order valence-electron chi connectivity index (χ2n) is 5.15. The molecule has 1 aliphatic carbocycles. The molecular formula is C15H22ClNO. The van der Waals surface area contributed by atoms with Gasteiger partial charge < -0.3 is 10.1 Å². The summed E-state index contributed by atoms with van der Waals surface area (Å²) in [6.07, 6.45) is 5.33. The van der Waals surface area contributed by atoms with Gasteiger partial charge in [0.05, 0.1) is 6.61 Å². The van der Waals surface area contributed by atoms with Crippen LogP contribution in [0.5, 0.6) is 5.75 Å². The number of nitrogens with one attached hydrogen (secondary N) is 1. The Kier molecular flexibility index (Phi) is 4.90. The van der Waals surface area contributed by atoms with Gasteiger partial charge in [0, 0.05) is 16.6 Å². The predicted octanol–water partition coefficient (Wildman–Crippen LogP) is 4.19. The number of hydrogen-bond donors (Lipinski definition) is 1. The zero-order valence-electron chi connectivity index (χ0n) is 11.2. The van der Waals surface area contributed by atoms with Gasteiger partial charge in [-0.25, -0.2) is 0 Å². The van der Waals surface area contributed by atoms with E-state index in [4.69, 9.17) is 16.3 Å². The Morgan fingerprint density at radius 1 is 1.39 bits per heavy atom. The van der Waals surface area contributed by atoms with Crippen LogP contribution in [0.1, 0.15) is 44.2 Å². The van der Waals surface area contributed by atoms with Crippen LogP contribution in [0.15, 0.2) is 18.2 Å². The van der Waals surface area contributed by atoms with Crippen molar-refractivity contribution in [2.75, 3.05) is 13.7 Å². The Labute approximate surface area is 115 Å².